The van der Waals surface area contributed by atoms with E-state index >= 15 is 0 Å². The van der Waals surface area contributed by atoms with E-state index in [4.69, 9.17) is 0 Å². The average molecular weight is 452 g/mol. The molecule has 2 aromatic rings. The molecule has 8 heteroatoms. The summed E-state index contributed by atoms with van der Waals surface area (Å²) in [7, 11) is 0. The number of fused-ring (bicyclic) bond motifs is 1. The van der Waals surface area contributed by atoms with Gasteiger partial charge in [0.25, 0.3) is 5.56 Å². The highest BCUT2D eigenvalue weighted by atomic mass is 19.1. The first-order valence-electron chi connectivity index (χ1n) is 10.7. The van der Waals surface area contributed by atoms with E-state index in [2.05, 4.69) is 33.3 Å². The number of allylic oxidation sites excluding steroid dienone is 4. The Kier molecular flexibility index (Phi) is 7.28. The Hall–Kier alpha value is -3.52. The number of halogens is 1. The minimum atomic E-state index is -0.583. The molecule has 0 atom stereocenters. The Morgan fingerprint density at radius 1 is 1.33 bits per heavy atom. The fraction of sp³-hybridized carbons (Fsp3) is 0.320. The van der Waals surface area contributed by atoms with E-state index in [-0.39, 0.29) is 5.69 Å². The van der Waals surface area contributed by atoms with Gasteiger partial charge in [0, 0.05) is 32.4 Å². The number of aromatic hydroxyl groups is 1. The number of nitrogens with one attached hydrogen (secondary N) is 1. The number of hydrogen-bond acceptors (Lipinski definition) is 6. The molecule has 33 heavy (non-hydrogen) atoms. The first-order valence-corrected chi connectivity index (χ1v) is 10.7. The van der Waals surface area contributed by atoms with Gasteiger partial charge >= 0.3 is 0 Å². The molecule has 3 heterocycles. The molecule has 3 rings (SSSR count). The van der Waals surface area contributed by atoms with Crippen molar-refractivity contribution in [2.75, 3.05) is 13.1 Å². The predicted molar refractivity (Wildman–Crippen MR) is 128 cm³/mol. The topological polar surface area (TPSA) is 83.3 Å². The van der Waals surface area contributed by atoms with E-state index in [1.54, 1.807) is 12.3 Å². The molecule has 0 saturated carbocycles. The van der Waals surface area contributed by atoms with Crippen LogP contribution in [0.5, 0.6) is 5.75 Å². The van der Waals surface area contributed by atoms with Crippen LogP contribution in [0, 0.1) is 0 Å². The van der Waals surface area contributed by atoms with Gasteiger partial charge in [0.1, 0.15) is 17.3 Å². The molecule has 0 saturated heterocycles. The molecule has 0 spiro atoms. The highest BCUT2D eigenvalue weighted by Crippen LogP contribution is 2.32. The van der Waals surface area contributed by atoms with Gasteiger partial charge in [0.2, 0.25) is 5.75 Å². The lowest BCUT2D eigenvalue weighted by Gasteiger charge is -2.43. The quantitative estimate of drug-likeness (QED) is 0.597. The summed E-state index contributed by atoms with van der Waals surface area (Å²) in [6.45, 7) is 15.1. The third-order valence-corrected chi connectivity index (χ3v) is 5.74. The Morgan fingerprint density at radius 2 is 2.09 bits per heavy atom. The maximum atomic E-state index is 13.2. The van der Waals surface area contributed by atoms with Crippen LogP contribution in [0.2, 0.25) is 0 Å². The smallest absolute Gasteiger partial charge is 0.296 e. The average Bonchev–Trinajstić information content (AvgIpc) is 2.80. The lowest BCUT2D eigenvalue weighted by atomic mass is 9.97. The second-order valence-corrected chi connectivity index (χ2v) is 8.49. The van der Waals surface area contributed by atoms with Crippen LogP contribution in [0.1, 0.15) is 38.0 Å². The van der Waals surface area contributed by atoms with Crippen molar-refractivity contribution in [2.45, 2.75) is 39.4 Å². The van der Waals surface area contributed by atoms with Crippen molar-refractivity contribution in [3.63, 3.8) is 0 Å². The van der Waals surface area contributed by atoms with Crippen molar-refractivity contribution in [2.24, 2.45) is 0 Å². The van der Waals surface area contributed by atoms with Crippen LogP contribution in [0.4, 0.5) is 4.39 Å². The fourth-order valence-corrected chi connectivity index (χ4v) is 3.71. The van der Waals surface area contributed by atoms with Gasteiger partial charge in [-0.25, -0.2) is 9.37 Å². The summed E-state index contributed by atoms with van der Waals surface area (Å²) >= 11 is 0. The van der Waals surface area contributed by atoms with Crippen LogP contribution in [-0.2, 0) is 18.6 Å². The second-order valence-electron chi connectivity index (χ2n) is 8.49. The Labute approximate surface area is 193 Å². The van der Waals surface area contributed by atoms with Gasteiger partial charge in [-0.1, -0.05) is 30.9 Å². The molecule has 7 nitrogen and oxygen atoms in total. The van der Waals surface area contributed by atoms with Gasteiger partial charge in [-0.05, 0) is 45.1 Å². The van der Waals surface area contributed by atoms with E-state index in [1.165, 1.54) is 10.6 Å². The van der Waals surface area contributed by atoms with E-state index in [9.17, 15) is 14.3 Å². The third kappa shape index (κ3) is 5.28. The van der Waals surface area contributed by atoms with E-state index < -0.39 is 22.7 Å². The van der Waals surface area contributed by atoms with Crippen molar-refractivity contribution in [3.8, 4) is 5.75 Å². The highest BCUT2D eigenvalue weighted by Gasteiger charge is 2.38. The molecule has 174 valence electrons. The maximum Gasteiger partial charge on any atom is 0.296 e. The number of pyridine rings is 1. The third-order valence-electron chi connectivity index (χ3n) is 5.74. The normalized spacial score (nSPS) is 16.2. The molecular weight excluding hydrogens is 421 g/mol. The van der Waals surface area contributed by atoms with E-state index in [0.29, 0.717) is 37.7 Å². The lowest BCUT2D eigenvalue weighted by Crippen LogP contribution is -2.52. The molecule has 2 aromatic heterocycles. The standard InChI is InChI=1S/C25H30FN5O2/c1-6-19(26)11-10-17(2)15-28-18(3)21-22(32)23(33)31-14-13-30(25(4,5)24(31)29-21)16-20-9-7-8-12-27-20/h6-12,28,32H,1,3,13-16H2,2,4-5H3/b17-10+,19-11+. The summed E-state index contributed by atoms with van der Waals surface area (Å²) < 4.78 is 14.8. The van der Waals surface area contributed by atoms with Gasteiger partial charge in [-0.15, -0.1) is 0 Å². The van der Waals surface area contributed by atoms with Crippen LogP contribution in [0.15, 0.2) is 72.0 Å². The van der Waals surface area contributed by atoms with Crippen LogP contribution < -0.4 is 10.9 Å². The molecule has 2 N–H and O–H groups in total. The van der Waals surface area contributed by atoms with Crippen molar-refractivity contribution < 1.29 is 9.50 Å². The summed E-state index contributed by atoms with van der Waals surface area (Å²) in [5, 5.41) is 13.6. The van der Waals surface area contributed by atoms with E-state index in [1.807, 2.05) is 39.0 Å². The molecule has 0 radical (unpaired) electrons. The monoisotopic (exact) mass is 451 g/mol. The Bertz CT molecular complexity index is 1170. The van der Waals surface area contributed by atoms with Gasteiger partial charge in [0.15, 0.2) is 0 Å². The molecular formula is C25H30FN5O2. The van der Waals surface area contributed by atoms with Crippen LogP contribution >= 0.6 is 0 Å². The minimum absolute atomic E-state index is 0.111. The number of aromatic nitrogens is 3. The highest BCUT2D eigenvalue weighted by molar-refractivity contribution is 5.63. The largest absolute Gasteiger partial charge is 0.501 e. The summed E-state index contributed by atoms with van der Waals surface area (Å²) in [4.78, 5) is 24.2. The van der Waals surface area contributed by atoms with E-state index in [0.717, 1.165) is 17.3 Å². The van der Waals surface area contributed by atoms with Crippen molar-refractivity contribution in [3.05, 3.63) is 94.7 Å². The second kappa shape index (κ2) is 9.95. The van der Waals surface area contributed by atoms with Crippen molar-refractivity contribution in [1.82, 2.24) is 24.8 Å². The zero-order valence-corrected chi connectivity index (χ0v) is 19.3. The van der Waals surface area contributed by atoms with Gasteiger partial charge < -0.3 is 10.4 Å². The van der Waals surface area contributed by atoms with Gasteiger partial charge in [0.05, 0.1) is 16.9 Å². The summed E-state index contributed by atoms with van der Waals surface area (Å²) in [5.74, 6) is -0.328. The van der Waals surface area contributed by atoms with Crippen LogP contribution in [0.25, 0.3) is 5.70 Å². The molecule has 0 aromatic carbocycles. The van der Waals surface area contributed by atoms with Crippen LogP contribution in [0.3, 0.4) is 0 Å². The molecule has 0 bridgehead atoms. The fourth-order valence-electron chi connectivity index (χ4n) is 3.71. The number of rotatable bonds is 8. The summed E-state index contributed by atoms with van der Waals surface area (Å²) in [6, 6.07) is 5.78. The number of hydrogen-bond donors (Lipinski definition) is 2. The van der Waals surface area contributed by atoms with Gasteiger partial charge in [-0.2, -0.15) is 0 Å². The zero-order chi connectivity index (χ0) is 24.2. The van der Waals surface area contributed by atoms with Crippen molar-refractivity contribution >= 4 is 5.70 Å². The Morgan fingerprint density at radius 3 is 2.76 bits per heavy atom. The summed E-state index contributed by atoms with van der Waals surface area (Å²) in [6.07, 6.45) is 5.81. The predicted octanol–water partition coefficient (Wildman–Crippen LogP) is 3.64. The summed E-state index contributed by atoms with van der Waals surface area (Å²) in [5.41, 5.74) is 1.10. The van der Waals surface area contributed by atoms with Crippen LogP contribution in [-0.4, -0.2) is 37.6 Å². The first kappa shape index (κ1) is 24.1. The maximum absolute atomic E-state index is 13.2. The molecule has 0 aliphatic carbocycles. The minimum Gasteiger partial charge on any atom is -0.501 e. The van der Waals surface area contributed by atoms with Gasteiger partial charge in [-0.3, -0.25) is 19.2 Å². The lowest BCUT2D eigenvalue weighted by molar-refractivity contribution is 0.0644. The molecule has 0 unspecified atom stereocenters. The molecule has 1 aliphatic rings. The number of nitrogens with zero attached hydrogens (tertiary/aromatic N) is 4. The Balaban J connectivity index is 1.87. The first-order chi connectivity index (χ1) is 15.6. The zero-order valence-electron chi connectivity index (χ0n) is 19.3. The molecule has 0 amide bonds. The molecule has 0 fully saturated rings. The van der Waals surface area contributed by atoms with Crippen molar-refractivity contribution in [1.29, 1.82) is 0 Å². The molecule has 1 aliphatic heterocycles. The SMILES string of the molecule is C=C/C(F)=C\C=C(/C)CNC(=C)c1nc2n(c(=O)c1O)CCN(Cc1ccccn1)C2(C)C.